The molecule has 0 aromatic heterocycles. The van der Waals surface area contributed by atoms with E-state index in [1.807, 2.05) is 0 Å². The summed E-state index contributed by atoms with van der Waals surface area (Å²) in [7, 11) is 0. The maximum Gasteiger partial charge on any atom is 0.278 e. The molecule has 1 rings (SSSR count). The number of carboxylic acids is 1. The zero-order chi connectivity index (χ0) is 22.1. The summed E-state index contributed by atoms with van der Waals surface area (Å²) in [5.74, 6) is -1.54. The number of nitro benzene ring substituents is 1. The van der Waals surface area contributed by atoms with E-state index >= 15 is 0 Å². The van der Waals surface area contributed by atoms with Crippen molar-refractivity contribution in [2.75, 3.05) is 26.2 Å². The lowest BCUT2D eigenvalue weighted by Crippen LogP contribution is -2.50. The monoisotopic (exact) mass is 408 g/mol. The van der Waals surface area contributed by atoms with Gasteiger partial charge in [0.05, 0.1) is 42.6 Å². The molecule has 1 aromatic carbocycles. The van der Waals surface area contributed by atoms with Crippen LogP contribution in [0.5, 0.6) is 0 Å². The summed E-state index contributed by atoms with van der Waals surface area (Å²) < 4.78 is 1.42. The molecule has 0 unspecified atom stereocenters. The molecule has 0 bridgehead atoms. The number of quaternary nitrogens is 1. The Balaban J connectivity index is 0.000000571. The van der Waals surface area contributed by atoms with Gasteiger partial charge in [-0.1, -0.05) is 65.5 Å². The first-order chi connectivity index (χ1) is 13.9. The van der Waals surface area contributed by atoms with Gasteiger partial charge in [0.1, 0.15) is 0 Å². The number of carbonyl (C=O) groups is 1. The molecule has 0 aliphatic carbocycles. The zero-order valence-corrected chi connectivity index (χ0v) is 18.8. The minimum absolute atomic E-state index is 0.400. The number of carbonyl (C=O) groups excluding carboxylic acids is 1. The highest BCUT2D eigenvalue weighted by Gasteiger charge is 2.24. The van der Waals surface area contributed by atoms with Crippen LogP contribution in [0.3, 0.4) is 0 Å². The van der Waals surface area contributed by atoms with Crippen molar-refractivity contribution in [2.24, 2.45) is 0 Å². The maximum absolute atomic E-state index is 10.3. The molecule has 0 saturated carbocycles. The van der Waals surface area contributed by atoms with E-state index in [-0.39, 0.29) is 0 Å². The number of nitrogens with zero attached hydrogens (tertiary/aromatic N) is 2. The van der Waals surface area contributed by atoms with Crippen molar-refractivity contribution in [1.29, 1.82) is 0 Å². The fraction of sp³-hybridized carbons (Fsp3) is 0.696. The average molecular weight is 409 g/mol. The molecule has 0 amide bonds. The molecule has 0 atom stereocenters. The number of aromatic carboxylic acids is 1. The van der Waals surface area contributed by atoms with Gasteiger partial charge in [-0.2, -0.15) is 0 Å². The normalized spacial score (nSPS) is 10.9. The van der Waals surface area contributed by atoms with Crippen LogP contribution in [0.4, 0.5) is 5.69 Å². The van der Waals surface area contributed by atoms with Gasteiger partial charge in [0.2, 0.25) is 0 Å². The van der Waals surface area contributed by atoms with Gasteiger partial charge in [-0.05, 0) is 31.7 Å². The third kappa shape index (κ3) is 11.0. The first-order valence-corrected chi connectivity index (χ1v) is 11.2. The standard InChI is InChI=1S/C16H36N.C7H5NO4/c1-5-9-13-17(14-10-6-2,15-11-7-3)16-12-8-4;9-7(10)5-3-1-2-4-6(5)8(11)12/h5-16H2,1-4H3;1-4H,(H,9,10)/q+1;/p-1. The smallest absolute Gasteiger partial charge is 0.278 e. The number of unbranched alkanes of at least 4 members (excludes halogenated alkanes) is 4. The molecule has 0 radical (unpaired) electrons. The number of rotatable bonds is 14. The summed E-state index contributed by atoms with van der Waals surface area (Å²) in [4.78, 5) is 19.8. The molecular weight excluding hydrogens is 368 g/mol. The van der Waals surface area contributed by atoms with Gasteiger partial charge in [0.15, 0.2) is 0 Å². The highest BCUT2D eigenvalue weighted by Crippen LogP contribution is 2.17. The zero-order valence-electron chi connectivity index (χ0n) is 18.8. The van der Waals surface area contributed by atoms with E-state index < -0.39 is 22.1 Å². The molecule has 0 N–H and O–H groups in total. The van der Waals surface area contributed by atoms with E-state index in [2.05, 4.69) is 27.7 Å². The predicted molar refractivity (Wildman–Crippen MR) is 117 cm³/mol. The molecule has 29 heavy (non-hydrogen) atoms. The van der Waals surface area contributed by atoms with Crippen molar-refractivity contribution in [3.63, 3.8) is 0 Å². The number of hydrogen-bond donors (Lipinski definition) is 0. The number of benzene rings is 1. The van der Waals surface area contributed by atoms with Gasteiger partial charge in [-0.25, -0.2) is 0 Å². The summed E-state index contributed by atoms with van der Waals surface area (Å²) in [6.45, 7) is 15.0. The summed E-state index contributed by atoms with van der Waals surface area (Å²) in [5.41, 5.74) is -0.847. The molecule has 166 valence electrons. The molecule has 6 nitrogen and oxygen atoms in total. The second-order valence-electron chi connectivity index (χ2n) is 7.71. The van der Waals surface area contributed by atoms with Crippen LogP contribution in [0.15, 0.2) is 24.3 Å². The molecule has 0 saturated heterocycles. The lowest BCUT2D eigenvalue weighted by molar-refractivity contribution is -0.929. The van der Waals surface area contributed by atoms with E-state index in [0.717, 1.165) is 12.1 Å². The van der Waals surface area contributed by atoms with Crippen LogP contribution in [0.25, 0.3) is 0 Å². The Labute approximate surface area is 176 Å². The van der Waals surface area contributed by atoms with Crippen LogP contribution in [-0.2, 0) is 0 Å². The number of para-hydroxylation sites is 1. The average Bonchev–Trinajstić information content (AvgIpc) is 2.73. The number of nitro groups is 1. The van der Waals surface area contributed by atoms with Gasteiger partial charge in [-0.3, -0.25) is 10.1 Å². The van der Waals surface area contributed by atoms with Crippen LogP contribution in [0.1, 0.15) is 89.4 Å². The summed E-state index contributed by atoms with van der Waals surface area (Å²) in [6, 6.07) is 5.04. The summed E-state index contributed by atoms with van der Waals surface area (Å²) in [6.07, 6.45) is 11.1. The van der Waals surface area contributed by atoms with Gasteiger partial charge in [0, 0.05) is 6.07 Å². The topological polar surface area (TPSA) is 83.3 Å². The Morgan fingerprint density at radius 1 is 0.828 bits per heavy atom. The van der Waals surface area contributed by atoms with Crippen LogP contribution in [0, 0.1) is 10.1 Å². The van der Waals surface area contributed by atoms with Crippen LogP contribution < -0.4 is 5.11 Å². The van der Waals surface area contributed by atoms with Crippen molar-refractivity contribution in [3.8, 4) is 0 Å². The van der Waals surface area contributed by atoms with E-state index in [9.17, 15) is 20.0 Å². The van der Waals surface area contributed by atoms with Gasteiger partial charge in [0.25, 0.3) is 5.69 Å². The lowest BCUT2D eigenvalue weighted by atomic mass is 10.1. The Hall–Kier alpha value is -1.95. The van der Waals surface area contributed by atoms with E-state index in [4.69, 9.17) is 0 Å². The minimum atomic E-state index is -1.54. The lowest BCUT2D eigenvalue weighted by Gasteiger charge is -2.39. The second-order valence-corrected chi connectivity index (χ2v) is 7.71. The minimum Gasteiger partial charge on any atom is -0.545 e. The van der Waals surface area contributed by atoms with Crippen LogP contribution in [-0.4, -0.2) is 41.6 Å². The molecule has 0 aliphatic rings. The third-order valence-electron chi connectivity index (χ3n) is 5.26. The first kappa shape index (κ1) is 27.0. The molecule has 0 fully saturated rings. The van der Waals surface area contributed by atoms with Crippen molar-refractivity contribution < 1.29 is 19.3 Å². The molecule has 0 heterocycles. The molecule has 1 aromatic rings. The molecule has 6 heteroatoms. The molecule has 0 aliphatic heterocycles. The fourth-order valence-electron chi connectivity index (χ4n) is 3.45. The maximum atomic E-state index is 10.3. The third-order valence-corrected chi connectivity index (χ3v) is 5.26. The highest BCUT2D eigenvalue weighted by molar-refractivity contribution is 5.90. The fourth-order valence-corrected chi connectivity index (χ4v) is 3.45. The SMILES string of the molecule is CCCC[N+](CCCC)(CCCC)CCCC.O=C([O-])c1ccccc1[N+](=O)[O-]. The molecular formula is C23H40N2O4. The van der Waals surface area contributed by atoms with Crippen molar-refractivity contribution in [2.45, 2.75) is 79.1 Å². The number of hydrogen-bond acceptors (Lipinski definition) is 4. The Morgan fingerprint density at radius 3 is 1.48 bits per heavy atom. The van der Waals surface area contributed by atoms with Crippen molar-refractivity contribution >= 4 is 11.7 Å². The van der Waals surface area contributed by atoms with E-state index in [0.29, 0.717) is 0 Å². The van der Waals surface area contributed by atoms with Gasteiger partial charge >= 0.3 is 0 Å². The predicted octanol–water partition coefficient (Wildman–Crippen LogP) is 4.96. The largest absolute Gasteiger partial charge is 0.545 e. The first-order valence-electron chi connectivity index (χ1n) is 11.2. The quantitative estimate of drug-likeness (QED) is 0.247. The van der Waals surface area contributed by atoms with Crippen molar-refractivity contribution in [1.82, 2.24) is 0 Å². The molecule has 0 spiro atoms. The van der Waals surface area contributed by atoms with Crippen LogP contribution >= 0.6 is 0 Å². The second kappa shape index (κ2) is 15.9. The summed E-state index contributed by atoms with van der Waals surface area (Å²) in [5, 5.41) is 20.6. The number of carboxylic acid groups (broad SMARTS) is 1. The van der Waals surface area contributed by atoms with E-state index in [1.165, 1.54) is 94.2 Å². The van der Waals surface area contributed by atoms with E-state index in [1.54, 1.807) is 0 Å². The Bertz CT molecular complexity index is 519. The summed E-state index contributed by atoms with van der Waals surface area (Å²) >= 11 is 0. The Kier molecular flexibility index (Phi) is 14.8. The Morgan fingerprint density at radius 2 is 1.21 bits per heavy atom. The van der Waals surface area contributed by atoms with Gasteiger partial charge < -0.3 is 14.4 Å². The highest BCUT2D eigenvalue weighted by atomic mass is 16.6. The van der Waals surface area contributed by atoms with Gasteiger partial charge in [-0.15, -0.1) is 0 Å². The van der Waals surface area contributed by atoms with Crippen LogP contribution in [0.2, 0.25) is 0 Å². The van der Waals surface area contributed by atoms with Crippen molar-refractivity contribution in [3.05, 3.63) is 39.9 Å².